The molecule has 0 spiro atoms. The van der Waals surface area contributed by atoms with Gasteiger partial charge in [-0.3, -0.25) is 4.99 Å². The maximum absolute atomic E-state index is 5.86. The molecule has 1 N–H and O–H groups in total. The van der Waals surface area contributed by atoms with Crippen molar-refractivity contribution in [1.29, 1.82) is 0 Å². The number of rotatable bonds is 5. The van der Waals surface area contributed by atoms with E-state index in [9.17, 15) is 0 Å². The van der Waals surface area contributed by atoms with Crippen LogP contribution in [0.1, 0.15) is 11.1 Å². The minimum absolute atomic E-state index is 0. The highest BCUT2D eigenvalue weighted by Gasteiger charge is 2.20. The van der Waals surface area contributed by atoms with Crippen molar-refractivity contribution in [3.8, 4) is 5.75 Å². The van der Waals surface area contributed by atoms with Gasteiger partial charge in [0.05, 0.1) is 6.54 Å². The number of guanidine groups is 1. The number of aromatic nitrogens is 2. The van der Waals surface area contributed by atoms with E-state index in [4.69, 9.17) is 4.74 Å². The number of aryl methyl sites for hydroxylation is 2. The molecule has 152 valence electrons. The van der Waals surface area contributed by atoms with Gasteiger partial charge in [-0.05, 0) is 43.2 Å². The second-order valence-corrected chi connectivity index (χ2v) is 6.67. The third-order valence-electron chi connectivity index (χ3n) is 4.48. The Hall–Kier alpha value is -2.10. The molecule has 1 aliphatic rings. The second-order valence-electron chi connectivity index (χ2n) is 6.67. The van der Waals surface area contributed by atoms with Crippen molar-refractivity contribution < 1.29 is 4.74 Å². The second kappa shape index (κ2) is 11.0. The molecule has 0 radical (unpaired) electrons. The molecule has 7 nitrogen and oxygen atoms in total. The van der Waals surface area contributed by atoms with Gasteiger partial charge in [0.15, 0.2) is 5.96 Å². The third-order valence-corrected chi connectivity index (χ3v) is 4.48. The van der Waals surface area contributed by atoms with Crippen molar-refractivity contribution >= 4 is 35.9 Å². The molecule has 1 aromatic carbocycles. The van der Waals surface area contributed by atoms with Gasteiger partial charge in [0.25, 0.3) is 0 Å². The highest BCUT2D eigenvalue weighted by Crippen LogP contribution is 2.16. The number of hydrogen-bond acceptors (Lipinski definition) is 5. The number of hydrogen-bond donors (Lipinski definition) is 1. The van der Waals surface area contributed by atoms with Crippen molar-refractivity contribution in [2.45, 2.75) is 13.8 Å². The van der Waals surface area contributed by atoms with E-state index in [0.717, 1.165) is 43.8 Å². The standard InChI is InChI=1S/C20H28N6O.HI/c1-16-13-17(2)15-18(14-16)27-12-7-24-19(21-3)25-8-10-26(11-9-25)20-22-5-4-6-23-20;/h4-6,13-15H,7-12H2,1-3H3,(H,21,24);1H. The molecule has 8 heteroatoms. The molecule has 3 rings (SSSR count). The summed E-state index contributed by atoms with van der Waals surface area (Å²) in [6, 6.07) is 8.11. The number of nitrogens with zero attached hydrogens (tertiary/aromatic N) is 5. The van der Waals surface area contributed by atoms with E-state index >= 15 is 0 Å². The SMILES string of the molecule is CN=C(NCCOc1cc(C)cc(C)c1)N1CCN(c2ncccn2)CC1.I. The summed E-state index contributed by atoms with van der Waals surface area (Å²) in [4.78, 5) is 17.5. The lowest BCUT2D eigenvalue weighted by Gasteiger charge is -2.36. The van der Waals surface area contributed by atoms with Crippen LogP contribution in [0.15, 0.2) is 41.7 Å². The molecule has 1 aliphatic heterocycles. The summed E-state index contributed by atoms with van der Waals surface area (Å²) < 4.78 is 5.86. The van der Waals surface area contributed by atoms with Gasteiger partial charge < -0.3 is 19.9 Å². The first-order chi connectivity index (χ1) is 13.2. The first-order valence-corrected chi connectivity index (χ1v) is 9.34. The van der Waals surface area contributed by atoms with Gasteiger partial charge in [0.1, 0.15) is 12.4 Å². The molecule has 1 aromatic heterocycles. The molecule has 28 heavy (non-hydrogen) atoms. The van der Waals surface area contributed by atoms with Crippen molar-refractivity contribution in [3.63, 3.8) is 0 Å². The fourth-order valence-corrected chi connectivity index (χ4v) is 3.25. The Morgan fingerprint density at radius 2 is 1.71 bits per heavy atom. The van der Waals surface area contributed by atoms with Gasteiger partial charge in [-0.15, -0.1) is 24.0 Å². The quantitative estimate of drug-likeness (QED) is 0.297. The van der Waals surface area contributed by atoms with Crippen LogP contribution in [0, 0.1) is 13.8 Å². The van der Waals surface area contributed by atoms with Gasteiger partial charge in [-0.1, -0.05) is 6.07 Å². The van der Waals surface area contributed by atoms with Crippen LogP contribution < -0.4 is 15.0 Å². The normalized spacial score (nSPS) is 14.5. The van der Waals surface area contributed by atoms with E-state index in [1.165, 1.54) is 11.1 Å². The van der Waals surface area contributed by atoms with Gasteiger partial charge in [0, 0.05) is 45.6 Å². The van der Waals surface area contributed by atoms with Crippen molar-refractivity contribution in [2.75, 3.05) is 51.3 Å². The Morgan fingerprint density at radius 1 is 1.07 bits per heavy atom. The van der Waals surface area contributed by atoms with E-state index in [2.05, 4.69) is 62.1 Å². The summed E-state index contributed by atoms with van der Waals surface area (Å²) in [5.41, 5.74) is 2.43. The summed E-state index contributed by atoms with van der Waals surface area (Å²) in [7, 11) is 1.82. The number of halogens is 1. The molecular weight excluding hydrogens is 467 g/mol. The Kier molecular flexibility index (Phi) is 8.75. The highest BCUT2D eigenvalue weighted by molar-refractivity contribution is 14.0. The van der Waals surface area contributed by atoms with E-state index in [-0.39, 0.29) is 24.0 Å². The average molecular weight is 496 g/mol. The van der Waals surface area contributed by atoms with Crippen LogP contribution in [0.4, 0.5) is 5.95 Å². The fraction of sp³-hybridized carbons (Fsp3) is 0.450. The van der Waals surface area contributed by atoms with E-state index in [1.807, 2.05) is 13.1 Å². The zero-order valence-electron chi connectivity index (χ0n) is 16.8. The van der Waals surface area contributed by atoms with Crippen molar-refractivity contribution in [3.05, 3.63) is 47.8 Å². The summed E-state index contributed by atoms with van der Waals surface area (Å²) in [6.45, 7) is 9.00. The molecule has 1 saturated heterocycles. The maximum atomic E-state index is 5.86. The zero-order valence-corrected chi connectivity index (χ0v) is 19.1. The number of nitrogens with one attached hydrogen (secondary N) is 1. The van der Waals surface area contributed by atoms with Crippen LogP contribution >= 0.6 is 24.0 Å². The zero-order chi connectivity index (χ0) is 19.1. The Labute approximate surface area is 184 Å². The summed E-state index contributed by atoms with van der Waals surface area (Å²) >= 11 is 0. The molecule has 0 bridgehead atoms. The lowest BCUT2D eigenvalue weighted by molar-refractivity contribution is 0.314. The summed E-state index contributed by atoms with van der Waals surface area (Å²) in [5, 5.41) is 3.39. The summed E-state index contributed by atoms with van der Waals surface area (Å²) in [6.07, 6.45) is 3.57. The minimum atomic E-state index is 0. The van der Waals surface area contributed by atoms with Gasteiger partial charge in [-0.25, -0.2) is 9.97 Å². The molecule has 0 saturated carbocycles. The first kappa shape index (κ1) is 22.2. The topological polar surface area (TPSA) is 65.9 Å². The Balaban J connectivity index is 0.00000280. The molecule has 0 atom stereocenters. The lowest BCUT2D eigenvalue weighted by atomic mass is 10.1. The van der Waals surface area contributed by atoms with E-state index in [0.29, 0.717) is 13.2 Å². The molecule has 0 amide bonds. The largest absolute Gasteiger partial charge is 0.492 e. The Bertz CT molecular complexity index is 742. The van der Waals surface area contributed by atoms with Gasteiger partial charge >= 0.3 is 0 Å². The predicted octanol–water partition coefficient (Wildman–Crippen LogP) is 2.49. The van der Waals surface area contributed by atoms with Crippen LogP contribution in [-0.2, 0) is 0 Å². The monoisotopic (exact) mass is 496 g/mol. The van der Waals surface area contributed by atoms with Crippen LogP contribution in [0.5, 0.6) is 5.75 Å². The third kappa shape index (κ3) is 6.22. The van der Waals surface area contributed by atoms with Crippen LogP contribution in [-0.4, -0.2) is 67.2 Å². The van der Waals surface area contributed by atoms with Crippen LogP contribution in [0.2, 0.25) is 0 Å². The number of ether oxygens (including phenoxy) is 1. The van der Waals surface area contributed by atoms with Gasteiger partial charge in [0.2, 0.25) is 5.95 Å². The van der Waals surface area contributed by atoms with Crippen molar-refractivity contribution in [1.82, 2.24) is 20.2 Å². The lowest BCUT2D eigenvalue weighted by Crippen LogP contribution is -2.53. The van der Waals surface area contributed by atoms with E-state index < -0.39 is 0 Å². The first-order valence-electron chi connectivity index (χ1n) is 9.34. The average Bonchev–Trinajstić information content (AvgIpc) is 2.68. The molecule has 2 heterocycles. The van der Waals surface area contributed by atoms with Crippen LogP contribution in [0.3, 0.4) is 0 Å². The number of piperazine rings is 1. The highest BCUT2D eigenvalue weighted by atomic mass is 127. The molecule has 0 unspecified atom stereocenters. The molecular formula is C20H29IN6O. The summed E-state index contributed by atoms with van der Waals surface area (Å²) in [5.74, 6) is 2.62. The predicted molar refractivity (Wildman–Crippen MR) is 124 cm³/mol. The number of benzene rings is 1. The fourth-order valence-electron chi connectivity index (χ4n) is 3.25. The van der Waals surface area contributed by atoms with Crippen LogP contribution in [0.25, 0.3) is 0 Å². The Morgan fingerprint density at radius 3 is 2.32 bits per heavy atom. The van der Waals surface area contributed by atoms with E-state index in [1.54, 1.807) is 12.4 Å². The number of anilines is 1. The van der Waals surface area contributed by atoms with Crippen molar-refractivity contribution in [2.24, 2.45) is 4.99 Å². The van der Waals surface area contributed by atoms with Gasteiger partial charge in [-0.2, -0.15) is 0 Å². The maximum Gasteiger partial charge on any atom is 0.225 e. The number of aliphatic imine (C=N–C) groups is 1. The smallest absolute Gasteiger partial charge is 0.225 e. The molecule has 2 aromatic rings. The minimum Gasteiger partial charge on any atom is -0.492 e. The molecule has 1 fully saturated rings. The molecule has 0 aliphatic carbocycles.